The van der Waals surface area contributed by atoms with Crippen molar-refractivity contribution in [1.29, 1.82) is 0 Å². The topological polar surface area (TPSA) is 12.0 Å². The van der Waals surface area contributed by atoms with Crippen LogP contribution in [0.1, 0.15) is 55.0 Å². The van der Waals surface area contributed by atoms with Crippen LogP contribution in [0.25, 0.3) is 0 Å². The van der Waals surface area contributed by atoms with Crippen molar-refractivity contribution in [3.63, 3.8) is 0 Å². The van der Waals surface area contributed by atoms with Gasteiger partial charge in [0.15, 0.2) is 0 Å². The number of benzene rings is 2. The highest BCUT2D eigenvalue weighted by Crippen LogP contribution is 2.40. The van der Waals surface area contributed by atoms with Crippen molar-refractivity contribution >= 4 is 11.4 Å². The molecule has 0 aliphatic heterocycles. The Morgan fingerprint density at radius 3 is 1.95 bits per heavy atom. The summed E-state index contributed by atoms with van der Waals surface area (Å²) in [6.45, 7) is 4.33. The molecule has 0 saturated heterocycles. The third-order valence-electron chi connectivity index (χ3n) is 3.40. The Hall–Kier alpha value is -1.76. The third kappa shape index (κ3) is 2.98. The van der Waals surface area contributed by atoms with Gasteiger partial charge in [-0.1, -0.05) is 38.1 Å². The second kappa shape index (κ2) is 5.08. The van der Waals surface area contributed by atoms with Gasteiger partial charge in [0, 0.05) is 16.9 Å². The van der Waals surface area contributed by atoms with E-state index < -0.39 is 18.7 Å². The van der Waals surface area contributed by atoms with Crippen LogP contribution in [0, 0.1) is 0 Å². The fourth-order valence-corrected chi connectivity index (χ4v) is 2.09. The summed E-state index contributed by atoms with van der Waals surface area (Å²) in [4.78, 5) is 0. The minimum absolute atomic E-state index is 0.506. The first-order valence-corrected chi connectivity index (χ1v) is 6.70. The minimum atomic E-state index is -1.77. The Balaban J connectivity index is 1.71. The number of rotatable bonds is 4. The fraction of sp³-hybridized carbons (Fsp3) is 0.333. The molecule has 0 unspecified atom stereocenters. The minimum Gasteiger partial charge on any atom is -0.356 e. The number of nitrogens with one attached hydrogen (secondary N) is 1. The highest BCUT2D eigenvalue weighted by molar-refractivity contribution is 5.60. The van der Waals surface area contributed by atoms with E-state index in [1.807, 2.05) is 24.3 Å². The largest absolute Gasteiger partial charge is 0.356 e. The van der Waals surface area contributed by atoms with Crippen molar-refractivity contribution < 1.29 is 5.48 Å². The second-order valence-electron chi connectivity index (χ2n) is 5.25. The molecule has 1 N–H and O–H groups in total. The van der Waals surface area contributed by atoms with Gasteiger partial charge in [-0.25, -0.2) is 0 Å². The van der Waals surface area contributed by atoms with Gasteiger partial charge >= 0.3 is 0 Å². The Morgan fingerprint density at radius 2 is 1.47 bits per heavy atom. The van der Waals surface area contributed by atoms with Crippen LogP contribution < -0.4 is 5.32 Å². The molecule has 0 amide bonds. The van der Waals surface area contributed by atoms with Gasteiger partial charge in [0.05, 0.1) is 0 Å². The summed E-state index contributed by atoms with van der Waals surface area (Å²) in [6, 6.07) is 15.6. The van der Waals surface area contributed by atoms with Crippen LogP contribution in [0.2, 0.25) is 0 Å². The zero-order valence-electron chi connectivity index (χ0n) is 15.3. The lowest BCUT2D eigenvalue weighted by molar-refractivity contribution is 0.867. The highest BCUT2D eigenvalue weighted by Gasteiger charge is 2.22. The van der Waals surface area contributed by atoms with Crippen molar-refractivity contribution in [3.8, 4) is 0 Å². The zero-order valence-corrected chi connectivity index (χ0v) is 11.3. The molecule has 2 aromatic carbocycles. The Bertz CT molecular complexity index is 676. The SMILES string of the molecule is [2H]C1([2H])C(c2ccc(Nc3ccc(C(C)C)cc3)cc2)C1([2H])[2H]. The van der Waals surface area contributed by atoms with Gasteiger partial charge in [0.2, 0.25) is 0 Å². The quantitative estimate of drug-likeness (QED) is 0.768. The van der Waals surface area contributed by atoms with Crippen molar-refractivity contribution in [2.24, 2.45) is 0 Å². The molecule has 98 valence electrons. The normalized spacial score (nSPS) is 23.1. The molecule has 2 aromatic rings. The molecule has 1 heteroatoms. The summed E-state index contributed by atoms with van der Waals surface area (Å²) < 4.78 is 30.8. The molecule has 1 nitrogen and oxygen atoms in total. The molecule has 0 aromatic heterocycles. The average Bonchev–Trinajstić information content (AvgIpc) is 2.90. The third-order valence-corrected chi connectivity index (χ3v) is 3.40. The molecule has 19 heavy (non-hydrogen) atoms. The standard InChI is InChI=1S/C18H21N/c1-13(2)14-5-9-17(10-6-14)19-18-11-7-16(8-12-18)15-3-4-15/h5-13,15,19H,3-4H2,1-2H3/i3D2,4D2. The van der Waals surface area contributed by atoms with Crippen LogP contribution in [0.15, 0.2) is 48.5 Å². The second-order valence-corrected chi connectivity index (χ2v) is 5.25. The van der Waals surface area contributed by atoms with E-state index in [9.17, 15) is 0 Å². The number of anilines is 2. The maximum absolute atomic E-state index is 7.71. The lowest BCUT2D eigenvalue weighted by Crippen LogP contribution is -1.92. The lowest BCUT2D eigenvalue weighted by atomic mass is 10.0. The molecule has 0 atom stereocenters. The molecule has 0 heterocycles. The smallest absolute Gasteiger partial charge is 0.0384 e. The molecular weight excluding hydrogens is 230 g/mol. The van der Waals surface area contributed by atoms with Crippen molar-refractivity contribution in [1.82, 2.24) is 0 Å². The predicted molar refractivity (Wildman–Crippen MR) is 82.2 cm³/mol. The Kier molecular flexibility index (Phi) is 2.25. The van der Waals surface area contributed by atoms with Crippen LogP contribution in [0.4, 0.5) is 11.4 Å². The summed E-state index contributed by atoms with van der Waals surface area (Å²) >= 11 is 0. The number of hydrogen-bond acceptors (Lipinski definition) is 1. The highest BCUT2D eigenvalue weighted by atomic mass is 14.9. The van der Waals surface area contributed by atoms with E-state index >= 15 is 0 Å². The molecular formula is C18H21N. The number of hydrogen-bond donors (Lipinski definition) is 1. The Labute approximate surface area is 121 Å². The zero-order chi connectivity index (χ0) is 16.8. The first-order chi connectivity index (χ1) is 10.7. The molecule has 0 spiro atoms. The molecule has 0 bridgehead atoms. The van der Waals surface area contributed by atoms with E-state index in [4.69, 9.17) is 5.48 Å². The van der Waals surface area contributed by atoms with Crippen molar-refractivity contribution in [2.75, 3.05) is 5.32 Å². The summed E-state index contributed by atoms with van der Waals surface area (Å²) in [7, 11) is 0. The Morgan fingerprint density at radius 1 is 0.947 bits per heavy atom. The first-order valence-electron chi connectivity index (χ1n) is 8.70. The van der Waals surface area contributed by atoms with E-state index in [1.54, 1.807) is 12.1 Å². The molecule has 1 aliphatic rings. The molecule has 1 aliphatic carbocycles. The maximum Gasteiger partial charge on any atom is 0.0384 e. The van der Waals surface area contributed by atoms with E-state index in [1.165, 1.54) is 5.56 Å². The van der Waals surface area contributed by atoms with Gasteiger partial charge in [0.25, 0.3) is 0 Å². The van der Waals surface area contributed by atoms with Crippen molar-refractivity contribution in [2.45, 2.75) is 38.4 Å². The molecule has 3 rings (SSSR count). The van der Waals surface area contributed by atoms with E-state index in [0.29, 0.717) is 11.5 Å². The van der Waals surface area contributed by atoms with Gasteiger partial charge in [-0.3, -0.25) is 0 Å². The van der Waals surface area contributed by atoms with Gasteiger partial charge < -0.3 is 5.32 Å². The maximum atomic E-state index is 7.71. The van der Waals surface area contributed by atoms with Crippen LogP contribution in [0.3, 0.4) is 0 Å². The summed E-state index contributed by atoms with van der Waals surface area (Å²) in [5.41, 5.74) is 3.91. The first kappa shape index (κ1) is 8.42. The molecule has 1 fully saturated rings. The summed E-state index contributed by atoms with van der Waals surface area (Å²) in [5, 5.41) is 3.31. The fourth-order valence-electron chi connectivity index (χ4n) is 2.09. The average molecular weight is 255 g/mol. The summed E-state index contributed by atoms with van der Waals surface area (Å²) in [6.07, 6.45) is -3.54. The van der Waals surface area contributed by atoms with E-state index in [0.717, 1.165) is 11.4 Å². The monoisotopic (exact) mass is 255 g/mol. The van der Waals surface area contributed by atoms with Crippen LogP contribution in [-0.4, -0.2) is 0 Å². The lowest BCUT2D eigenvalue weighted by Gasteiger charge is -2.10. The van der Waals surface area contributed by atoms with Crippen LogP contribution in [0.5, 0.6) is 0 Å². The van der Waals surface area contributed by atoms with E-state index in [2.05, 4.69) is 31.3 Å². The van der Waals surface area contributed by atoms with Crippen LogP contribution in [-0.2, 0) is 0 Å². The summed E-state index contributed by atoms with van der Waals surface area (Å²) in [5.74, 6) is -0.165. The van der Waals surface area contributed by atoms with Crippen LogP contribution >= 0.6 is 0 Å². The predicted octanol–water partition coefficient (Wildman–Crippen LogP) is 5.43. The van der Waals surface area contributed by atoms with Gasteiger partial charge in [-0.15, -0.1) is 0 Å². The van der Waals surface area contributed by atoms with E-state index in [-0.39, 0.29) is 0 Å². The van der Waals surface area contributed by atoms with Gasteiger partial charge in [-0.05, 0) is 60.0 Å². The van der Waals surface area contributed by atoms with Crippen molar-refractivity contribution in [3.05, 3.63) is 59.7 Å². The van der Waals surface area contributed by atoms with Gasteiger partial charge in [0.1, 0.15) is 0 Å². The van der Waals surface area contributed by atoms with Gasteiger partial charge in [-0.2, -0.15) is 0 Å². The molecule has 0 radical (unpaired) electrons. The molecule has 1 saturated carbocycles.